The Labute approximate surface area is 160 Å². The zero-order chi connectivity index (χ0) is 18.7. The van der Waals surface area contributed by atoms with Crippen LogP contribution in [0.1, 0.15) is 27.6 Å². The van der Waals surface area contributed by atoms with Crippen LogP contribution in [0.5, 0.6) is 0 Å². The van der Waals surface area contributed by atoms with E-state index in [0.29, 0.717) is 16.1 Å². The monoisotopic (exact) mass is 389 g/mol. The number of ether oxygens (including phenoxy) is 1. The molecule has 1 aliphatic heterocycles. The van der Waals surface area contributed by atoms with Gasteiger partial charge in [0.1, 0.15) is 11.9 Å². The van der Waals surface area contributed by atoms with E-state index in [1.807, 2.05) is 12.1 Å². The van der Waals surface area contributed by atoms with Crippen molar-refractivity contribution in [1.82, 2.24) is 4.90 Å². The van der Waals surface area contributed by atoms with Crippen LogP contribution in [-0.4, -0.2) is 41.1 Å². The van der Waals surface area contributed by atoms with E-state index in [4.69, 9.17) is 16.3 Å². The fourth-order valence-electron chi connectivity index (χ4n) is 2.56. The first-order valence-electron chi connectivity index (χ1n) is 8.01. The van der Waals surface area contributed by atoms with Crippen LogP contribution < -0.4 is 0 Å². The van der Waals surface area contributed by atoms with Crippen LogP contribution in [0, 0.1) is 0 Å². The van der Waals surface area contributed by atoms with E-state index in [1.54, 1.807) is 43.3 Å². The highest BCUT2D eigenvalue weighted by Gasteiger charge is 2.34. The first kappa shape index (κ1) is 18.5. The van der Waals surface area contributed by atoms with Crippen LogP contribution in [0.25, 0.3) is 0 Å². The van der Waals surface area contributed by atoms with Gasteiger partial charge in [0, 0.05) is 9.92 Å². The van der Waals surface area contributed by atoms with Crippen molar-refractivity contribution in [3.63, 3.8) is 0 Å². The molecule has 2 aromatic rings. The maximum atomic E-state index is 12.2. The highest BCUT2D eigenvalue weighted by Crippen LogP contribution is 2.26. The molecule has 26 heavy (non-hydrogen) atoms. The zero-order valence-electron chi connectivity index (χ0n) is 14.0. The van der Waals surface area contributed by atoms with Crippen molar-refractivity contribution in [2.45, 2.75) is 17.1 Å². The van der Waals surface area contributed by atoms with E-state index in [0.717, 1.165) is 9.80 Å². The normalized spacial score (nSPS) is 14.3. The molecule has 0 fully saturated rings. The molecule has 3 rings (SSSR count). The number of hydrogen-bond donors (Lipinski definition) is 0. The molecule has 0 aliphatic carbocycles. The molecule has 0 radical (unpaired) electrons. The van der Waals surface area contributed by atoms with Gasteiger partial charge in [-0.15, -0.1) is 11.8 Å². The highest BCUT2D eigenvalue weighted by atomic mass is 35.5. The summed E-state index contributed by atoms with van der Waals surface area (Å²) < 4.78 is 5.23. The second kappa shape index (κ2) is 7.93. The van der Waals surface area contributed by atoms with Gasteiger partial charge in [0.2, 0.25) is 0 Å². The first-order chi connectivity index (χ1) is 12.5. The Balaban J connectivity index is 1.50. The minimum Gasteiger partial charge on any atom is -0.463 e. The van der Waals surface area contributed by atoms with Crippen molar-refractivity contribution < 1.29 is 19.1 Å². The Morgan fingerprint density at radius 1 is 1.08 bits per heavy atom. The number of halogens is 1. The largest absolute Gasteiger partial charge is 0.463 e. The number of rotatable bonds is 6. The fraction of sp³-hybridized carbons (Fsp3) is 0.211. The number of fused-ring (bicyclic) bond motifs is 1. The molecule has 1 atom stereocenters. The van der Waals surface area contributed by atoms with Gasteiger partial charge >= 0.3 is 5.97 Å². The Bertz CT molecular complexity index is 818. The fourth-order valence-corrected chi connectivity index (χ4v) is 3.55. The summed E-state index contributed by atoms with van der Waals surface area (Å²) in [5.41, 5.74) is 0.769. The van der Waals surface area contributed by atoms with Crippen LogP contribution in [-0.2, 0) is 9.53 Å². The van der Waals surface area contributed by atoms with Crippen LogP contribution in [0.3, 0.4) is 0 Å². The third-order valence-electron chi connectivity index (χ3n) is 3.90. The predicted molar refractivity (Wildman–Crippen MR) is 99.5 cm³/mol. The number of hydrogen-bond acceptors (Lipinski definition) is 5. The predicted octanol–water partition coefficient (Wildman–Crippen LogP) is 3.66. The summed E-state index contributed by atoms with van der Waals surface area (Å²) in [4.78, 5) is 38.6. The van der Waals surface area contributed by atoms with Gasteiger partial charge in [0.05, 0.1) is 17.7 Å². The minimum absolute atomic E-state index is 0.0319. The SMILES string of the molecule is C[C@@H](Sc1ccc(Cl)cc1)C(=O)OCCN1C(=O)c2ccccc2C1=O. The summed E-state index contributed by atoms with van der Waals surface area (Å²) in [7, 11) is 0. The number of thioether (sulfide) groups is 1. The Morgan fingerprint density at radius 2 is 1.65 bits per heavy atom. The molecule has 0 saturated heterocycles. The molecule has 0 bridgehead atoms. The lowest BCUT2D eigenvalue weighted by Gasteiger charge is -2.15. The molecule has 7 heteroatoms. The van der Waals surface area contributed by atoms with Gasteiger partial charge in [0.25, 0.3) is 11.8 Å². The van der Waals surface area contributed by atoms with Gasteiger partial charge in [-0.3, -0.25) is 19.3 Å². The molecule has 1 heterocycles. The Kier molecular flexibility index (Phi) is 5.64. The maximum Gasteiger partial charge on any atom is 0.319 e. The van der Waals surface area contributed by atoms with E-state index < -0.39 is 11.2 Å². The third kappa shape index (κ3) is 3.92. The lowest BCUT2D eigenvalue weighted by molar-refractivity contribution is -0.142. The minimum atomic E-state index is -0.418. The lowest BCUT2D eigenvalue weighted by atomic mass is 10.1. The number of imide groups is 1. The molecule has 5 nitrogen and oxygen atoms in total. The molecule has 1 aliphatic rings. The molecule has 2 aromatic carbocycles. The number of amides is 2. The third-order valence-corrected chi connectivity index (χ3v) is 5.24. The number of benzene rings is 2. The molecule has 0 N–H and O–H groups in total. The summed E-state index contributed by atoms with van der Waals surface area (Å²) in [5.74, 6) is -1.11. The first-order valence-corrected chi connectivity index (χ1v) is 9.27. The highest BCUT2D eigenvalue weighted by molar-refractivity contribution is 8.00. The van der Waals surface area contributed by atoms with E-state index in [-0.39, 0.29) is 25.0 Å². The van der Waals surface area contributed by atoms with E-state index in [9.17, 15) is 14.4 Å². The Hall–Kier alpha value is -2.31. The van der Waals surface area contributed by atoms with Crippen molar-refractivity contribution in [2.75, 3.05) is 13.2 Å². The van der Waals surface area contributed by atoms with Crippen LogP contribution >= 0.6 is 23.4 Å². The molecule has 134 valence electrons. The second-order valence-electron chi connectivity index (χ2n) is 5.69. The molecular formula is C19H16ClNO4S. The van der Waals surface area contributed by atoms with Crippen molar-refractivity contribution in [1.29, 1.82) is 0 Å². The number of carbonyl (C=O) groups is 3. The van der Waals surface area contributed by atoms with Crippen molar-refractivity contribution >= 4 is 41.1 Å². The van der Waals surface area contributed by atoms with Gasteiger partial charge in [-0.25, -0.2) is 0 Å². The topological polar surface area (TPSA) is 63.7 Å². The zero-order valence-corrected chi connectivity index (χ0v) is 15.5. The average Bonchev–Trinajstić information content (AvgIpc) is 2.88. The van der Waals surface area contributed by atoms with Crippen LogP contribution in [0.15, 0.2) is 53.4 Å². The lowest BCUT2D eigenvalue weighted by Crippen LogP contribution is -2.34. The quantitative estimate of drug-likeness (QED) is 0.428. The summed E-state index contributed by atoms with van der Waals surface area (Å²) in [6.45, 7) is 1.75. The molecule has 2 amide bonds. The number of nitrogens with zero attached hydrogens (tertiary/aromatic N) is 1. The van der Waals surface area contributed by atoms with Crippen molar-refractivity contribution in [3.05, 3.63) is 64.7 Å². The van der Waals surface area contributed by atoms with Crippen molar-refractivity contribution in [2.24, 2.45) is 0 Å². The Morgan fingerprint density at radius 3 is 2.23 bits per heavy atom. The van der Waals surface area contributed by atoms with Gasteiger partial charge in [0.15, 0.2) is 0 Å². The van der Waals surface area contributed by atoms with Crippen molar-refractivity contribution in [3.8, 4) is 0 Å². The number of esters is 1. The smallest absolute Gasteiger partial charge is 0.319 e. The van der Waals surface area contributed by atoms with Gasteiger partial charge < -0.3 is 4.74 Å². The average molecular weight is 390 g/mol. The standard InChI is InChI=1S/C19H16ClNO4S/c1-12(26-14-8-6-13(20)7-9-14)19(24)25-11-10-21-17(22)15-4-2-3-5-16(15)18(21)23/h2-9,12H,10-11H2,1H3/t12-/m1/s1. The molecule has 0 unspecified atom stereocenters. The van der Waals surface area contributed by atoms with E-state index in [2.05, 4.69) is 0 Å². The summed E-state index contributed by atoms with van der Waals surface area (Å²) in [5, 5.41) is 0.212. The molecular weight excluding hydrogens is 374 g/mol. The molecule has 0 aromatic heterocycles. The molecule has 0 saturated carbocycles. The summed E-state index contributed by atoms with van der Waals surface area (Å²) in [6, 6.07) is 13.8. The summed E-state index contributed by atoms with van der Waals surface area (Å²) >= 11 is 7.19. The second-order valence-corrected chi connectivity index (χ2v) is 7.54. The van der Waals surface area contributed by atoms with Gasteiger partial charge in [-0.2, -0.15) is 0 Å². The van der Waals surface area contributed by atoms with Gasteiger partial charge in [-0.05, 0) is 43.3 Å². The number of carbonyl (C=O) groups excluding carboxylic acids is 3. The van der Waals surface area contributed by atoms with E-state index >= 15 is 0 Å². The maximum absolute atomic E-state index is 12.2. The van der Waals surface area contributed by atoms with Crippen LogP contribution in [0.2, 0.25) is 5.02 Å². The molecule has 0 spiro atoms. The van der Waals surface area contributed by atoms with E-state index in [1.165, 1.54) is 11.8 Å². The van der Waals surface area contributed by atoms with Gasteiger partial charge in [-0.1, -0.05) is 23.7 Å². The van der Waals surface area contributed by atoms with Crippen LogP contribution in [0.4, 0.5) is 0 Å². The summed E-state index contributed by atoms with van der Waals surface area (Å²) in [6.07, 6.45) is 0.